The number of amides is 2. The Morgan fingerprint density at radius 2 is 1.72 bits per heavy atom. The van der Waals surface area contributed by atoms with Crippen LogP contribution < -0.4 is 10.1 Å². The molecule has 1 N–H and O–H groups in total. The van der Waals surface area contributed by atoms with Gasteiger partial charge < -0.3 is 24.2 Å². The summed E-state index contributed by atoms with van der Waals surface area (Å²) < 4.78 is 54.9. The molecule has 1 aromatic heterocycles. The lowest BCUT2D eigenvalue weighted by molar-refractivity contribution is -0.274. The van der Waals surface area contributed by atoms with E-state index in [9.17, 15) is 18.0 Å². The molecule has 1 saturated carbocycles. The molecule has 1 aliphatic carbocycles. The lowest BCUT2D eigenvalue weighted by Crippen LogP contribution is -2.43. The number of aromatic nitrogens is 1. The Morgan fingerprint density at radius 1 is 1.03 bits per heavy atom. The third-order valence-corrected chi connectivity index (χ3v) is 6.35. The second-order valence-electron chi connectivity index (χ2n) is 8.99. The van der Waals surface area contributed by atoms with Crippen LogP contribution in [-0.2, 0) is 11.3 Å². The minimum atomic E-state index is -4.82. The summed E-state index contributed by atoms with van der Waals surface area (Å²) in [6, 6.07) is 15.0. The quantitative estimate of drug-likeness (QED) is 0.409. The molecule has 190 valence electrons. The number of anilines is 1. The van der Waals surface area contributed by atoms with Gasteiger partial charge in [-0.3, -0.25) is 0 Å². The predicted octanol–water partition coefficient (Wildman–Crippen LogP) is 6.33. The standard InChI is InChI=1S/C26H26F3N3O4/c27-26(28,29)35-22-9-5-4-8-20(22)23-21(24(36-31-23)17-10-11-17)16-34-19-12-14-32(15-13-19)25(33)30-18-6-2-1-3-7-18/h1-9,17,19H,10-16H2,(H,30,33). The van der Waals surface area contributed by atoms with Gasteiger partial charge in [-0.15, -0.1) is 13.2 Å². The summed E-state index contributed by atoms with van der Waals surface area (Å²) in [7, 11) is 0. The van der Waals surface area contributed by atoms with Crippen molar-refractivity contribution < 1.29 is 32.0 Å². The number of carbonyl (C=O) groups is 1. The maximum Gasteiger partial charge on any atom is 0.573 e. The van der Waals surface area contributed by atoms with Crippen LogP contribution in [-0.4, -0.2) is 41.6 Å². The molecule has 0 bridgehead atoms. The van der Waals surface area contributed by atoms with Gasteiger partial charge in [-0.2, -0.15) is 0 Å². The molecule has 2 amide bonds. The molecule has 3 aromatic rings. The van der Waals surface area contributed by atoms with Gasteiger partial charge >= 0.3 is 12.4 Å². The minimum absolute atomic E-state index is 0.0951. The van der Waals surface area contributed by atoms with Crippen LogP contribution in [0.2, 0.25) is 0 Å². The monoisotopic (exact) mass is 501 g/mol. The first kappa shape index (κ1) is 24.2. The number of alkyl halides is 3. The molecule has 2 aliphatic rings. The molecule has 2 fully saturated rings. The lowest BCUT2D eigenvalue weighted by Gasteiger charge is -2.32. The van der Waals surface area contributed by atoms with Gasteiger partial charge in [0, 0.05) is 35.8 Å². The Bertz CT molecular complexity index is 1190. The van der Waals surface area contributed by atoms with Crippen molar-refractivity contribution in [3.05, 3.63) is 65.9 Å². The number of benzene rings is 2. The lowest BCUT2D eigenvalue weighted by atomic mass is 10.0. The number of hydrogen-bond acceptors (Lipinski definition) is 5. The van der Waals surface area contributed by atoms with E-state index in [2.05, 4.69) is 15.2 Å². The van der Waals surface area contributed by atoms with Crippen LogP contribution in [0.25, 0.3) is 11.3 Å². The first-order valence-corrected chi connectivity index (χ1v) is 11.9. The van der Waals surface area contributed by atoms with E-state index >= 15 is 0 Å². The molecule has 0 atom stereocenters. The van der Waals surface area contributed by atoms with Gasteiger partial charge in [-0.25, -0.2) is 4.79 Å². The Morgan fingerprint density at radius 3 is 2.42 bits per heavy atom. The summed E-state index contributed by atoms with van der Waals surface area (Å²) in [5.41, 5.74) is 1.90. The fourth-order valence-corrected chi connectivity index (χ4v) is 4.37. The summed E-state index contributed by atoms with van der Waals surface area (Å²) >= 11 is 0. The smallest absolute Gasteiger partial charge is 0.405 e. The van der Waals surface area contributed by atoms with Gasteiger partial charge in [0.25, 0.3) is 0 Å². The molecule has 2 heterocycles. The van der Waals surface area contributed by atoms with Crippen LogP contribution >= 0.6 is 0 Å². The second kappa shape index (κ2) is 10.2. The van der Waals surface area contributed by atoms with E-state index in [1.807, 2.05) is 30.3 Å². The highest BCUT2D eigenvalue weighted by molar-refractivity contribution is 5.89. The predicted molar refractivity (Wildman–Crippen MR) is 125 cm³/mol. The first-order chi connectivity index (χ1) is 17.4. The number of likely N-dealkylation sites (tertiary alicyclic amines) is 1. The molecule has 1 saturated heterocycles. The summed E-state index contributed by atoms with van der Waals surface area (Å²) in [4.78, 5) is 14.3. The van der Waals surface area contributed by atoms with E-state index in [0.29, 0.717) is 42.9 Å². The summed E-state index contributed by atoms with van der Waals surface area (Å²) in [6.45, 7) is 1.24. The average Bonchev–Trinajstić information content (AvgIpc) is 3.62. The number of urea groups is 1. The van der Waals surface area contributed by atoms with Gasteiger partial charge in [0.05, 0.1) is 12.7 Å². The van der Waals surface area contributed by atoms with Crippen molar-refractivity contribution in [3.63, 3.8) is 0 Å². The van der Waals surface area contributed by atoms with Gasteiger partial charge in [0.15, 0.2) is 0 Å². The SMILES string of the molecule is O=C(Nc1ccccc1)N1CCC(OCc2c(-c3ccccc3OC(F)(F)F)noc2C2CC2)CC1. The number of nitrogens with zero attached hydrogens (tertiary/aromatic N) is 2. The maximum absolute atomic E-state index is 13.0. The number of piperidine rings is 1. The van der Waals surface area contributed by atoms with E-state index in [-0.39, 0.29) is 36.0 Å². The number of nitrogens with one attached hydrogen (secondary N) is 1. The largest absolute Gasteiger partial charge is 0.573 e. The number of hydrogen-bond donors (Lipinski definition) is 1. The Labute approximate surface area is 206 Å². The number of para-hydroxylation sites is 2. The van der Waals surface area contributed by atoms with Gasteiger partial charge in [0.1, 0.15) is 17.2 Å². The van der Waals surface area contributed by atoms with Crippen LogP contribution in [0, 0.1) is 0 Å². The van der Waals surface area contributed by atoms with Crippen LogP contribution in [0.15, 0.2) is 59.1 Å². The molecule has 36 heavy (non-hydrogen) atoms. The molecule has 0 spiro atoms. The molecule has 10 heteroatoms. The molecule has 0 unspecified atom stereocenters. The third kappa shape index (κ3) is 5.81. The molecule has 1 aliphatic heterocycles. The topological polar surface area (TPSA) is 76.8 Å². The summed E-state index contributed by atoms with van der Waals surface area (Å²) in [6.07, 6.45) is -1.74. The number of halogens is 3. The van der Waals surface area contributed by atoms with Crippen molar-refractivity contribution in [3.8, 4) is 17.0 Å². The zero-order valence-electron chi connectivity index (χ0n) is 19.5. The minimum Gasteiger partial charge on any atom is -0.405 e. The summed E-state index contributed by atoms with van der Waals surface area (Å²) in [5, 5.41) is 7.00. The molecule has 7 nitrogen and oxygen atoms in total. The molecular formula is C26H26F3N3O4. The summed E-state index contributed by atoms with van der Waals surface area (Å²) in [5.74, 6) is 0.523. The fraction of sp³-hybridized carbons (Fsp3) is 0.385. The fourth-order valence-electron chi connectivity index (χ4n) is 4.37. The van der Waals surface area contributed by atoms with Crippen LogP contribution in [0.3, 0.4) is 0 Å². The molecule has 2 aromatic carbocycles. The van der Waals surface area contributed by atoms with Gasteiger partial charge in [0.2, 0.25) is 0 Å². The molecular weight excluding hydrogens is 475 g/mol. The van der Waals surface area contributed by atoms with Crippen molar-refractivity contribution in [2.45, 2.75) is 50.7 Å². The molecule has 0 radical (unpaired) electrons. The maximum atomic E-state index is 13.0. The van der Waals surface area contributed by atoms with Crippen molar-refractivity contribution in [1.82, 2.24) is 10.1 Å². The van der Waals surface area contributed by atoms with Crippen molar-refractivity contribution in [2.75, 3.05) is 18.4 Å². The first-order valence-electron chi connectivity index (χ1n) is 11.9. The highest BCUT2D eigenvalue weighted by atomic mass is 19.4. The zero-order chi connectivity index (χ0) is 25.1. The number of carbonyl (C=O) groups excluding carboxylic acids is 1. The normalized spacial score (nSPS) is 16.7. The second-order valence-corrected chi connectivity index (χ2v) is 8.99. The Hall–Kier alpha value is -3.53. The van der Waals surface area contributed by atoms with Gasteiger partial charge in [-0.1, -0.05) is 35.5 Å². The third-order valence-electron chi connectivity index (χ3n) is 6.35. The number of ether oxygens (including phenoxy) is 2. The van der Waals surface area contributed by atoms with Gasteiger partial charge in [-0.05, 0) is 49.9 Å². The van der Waals surface area contributed by atoms with Crippen LogP contribution in [0.5, 0.6) is 5.75 Å². The molecule has 5 rings (SSSR count). The van der Waals surface area contributed by atoms with Crippen LogP contribution in [0.4, 0.5) is 23.7 Å². The van der Waals surface area contributed by atoms with E-state index in [1.54, 1.807) is 11.0 Å². The average molecular weight is 502 g/mol. The van der Waals surface area contributed by atoms with Crippen molar-refractivity contribution >= 4 is 11.7 Å². The van der Waals surface area contributed by atoms with E-state index in [0.717, 1.165) is 18.5 Å². The van der Waals surface area contributed by atoms with Crippen molar-refractivity contribution in [1.29, 1.82) is 0 Å². The number of rotatable bonds is 7. The van der Waals surface area contributed by atoms with E-state index < -0.39 is 6.36 Å². The highest BCUT2D eigenvalue weighted by Crippen LogP contribution is 2.45. The highest BCUT2D eigenvalue weighted by Gasteiger charge is 2.36. The Kier molecular flexibility index (Phi) is 6.86. The Balaban J connectivity index is 1.24. The zero-order valence-corrected chi connectivity index (χ0v) is 19.5. The van der Waals surface area contributed by atoms with E-state index in [4.69, 9.17) is 9.26 Å². The van der Waals surface area contributed by atoms with E-state index in [1.165, 1.54) is 18.2 Å². The van der Waals surface area contributed by atoms with Crippen LogP contribution in [0.1, 0.15) is 42.9 Å². The van der Waals surface area contributed by atoms with Crippen molar-refractivity contribution in [2.24, 2.45) is 0 Å².